The second-order valence-corrected chi connectivity index (χ2v) is 5.00. The molecular weight excluding hydrogens is 171 g/mol. The largest absolute Gasteiger partial charge is 0.317 e. The second-order valence-electron chi connectivity index (χ2n) is 5.00. The molecule has 3 heteroatoms. The number of hydrogen-bond donors (Lipinski definition) is 2. The molecule has 0 spiro atoms. The SMILES string of the molecule is B(C1CCCNCC1)C1CCCNC1. The highest BCUT2D eigenvalue weighted by Gasteiger charge is 2.20. The Morgan fingerprint density at radius 2 is 1.57 bits per heavy atom. The minimum atomic E-state index is 0.979. The van der Waals surface area contributed by atoms with Gasteiger partial charge in [0.25, 0.3) is 0 Å². The van der Waals surface area contributed by atoms with Crippen molar-refractivity contribution in [3.63, 3.8) is 0 Å². The fraction of sp³-hybridized carbons (Fsp3) is 1.00. The summed E-state index contributed by atoms with van der Waals surface area (Å²) in [5, 5.41) is 7.02. The summed E-state index contributed by atoms with van der Waals surface area (Å²) in [6.45, 7) is 5.04. The van der Waals surface area contributed by atoms with Crippen LogP contribution < -0.4 is 10.6 Å². The molecule has 2 aliphatic heterocycles. The first kappa shape index (κ1) is 10.5. The molecule has 2 heterocycles. The fourth-order valence-corrected chi connectivity index (χ4v) is 2.92. The van der Waals surface area contributed by atoms with E-state index in [1.54, 1.807) is 0 Å². The van der Waals surface area contributed by atoms with E-state index in [9.17, 15) is 0 Å². The Bertz CT molecular complexity index is 149. The molecular formula is C11H23BN2. The van der Waals surface area contributed by atoms with E-state index in [4.69, 9.17) is 0 Å². The molecule has 2 atom stereocenters. The first-order valence-corrected chi connectivity index (χ1v) is 6.36. The summed E-state index contributed by atoms with van der Waals surface area (Å²) < 4.78 is 0. The van der Waals surface area contributed by atoms with Crippen molar-refractivity contribution in [2.75, 3.05) is 26.2 Å². The van der Waals surface area contributed by atoms with E-state index < -0.39 is 0 Å². The van der Waals surface area contributed by atoms with Gasteiger partial charge in [-0.05, 0) is 45.4 Å². The van der Waals surface area contributed by atoms with Crippen LogP contribution in [0.2, 0.25) is 11.6 Å². The van der Waals surface area contributed by atoms with Gasteiger partial charge in [-0.15, -0.1) is 0 Å². The second kappa shape index (κ2) is 5.77. The summed E-state index contributed by atoms with van der Waals surface area (Å²) in [6, 6.07) is 0. The number of nitrogens with one attached hydrogen (secondary N) is 2. The zero-order valence-corrected chi connectivity index (χ0v) is 9.23. The third-order valence-corrected chi connectivity index (χ3v) is 3.76. The van der Waals surface area contributed by atoms with Crippen LogP contribution in [0, 0.1) is 0 Å². The van der Waals surface area contributed by atoms with Gasteiger partial charge in [0.15, 0.2) is 0 Å². The average molecular weight is 194 g/mol. The van der Waals surface area contributed by atoms with Gasteiger partial charge in [-0.3, -0.25) is 0 Å². The lowest BCUT2D eigenvalue weighted by molar-refractivity contribution is 0.510. The summed E-state index contributed by atoms with van der Waals surface area (Å²) in [6.07, 6.45) is 7.14. The molecule has 0 aliphatic carbocycles. The third kappa shape index (κ3) is 3.28. The Labute approximate surface area is 88.5 Å². The quantitative estimate of drug-likeness (QED) is 0.644. The molecule has 2 rings (SSSR count). The summed E-state index contributed by atoms with van der Waals surface area (Å²) in [7, 11) is 1.48. The molecule has 0 aromatic heterocycles. The van der Waals surface area contributed by atoms with Crippen molar-refractivity contribution in [3.8, 4) is 0 Å². The smallest absolute Gasteiger partial charge is 0.129 e. The van der Waals surface area contributed by atoms with Gasteiger partial charge < -0.3 is 10.6 Å². The van der Waals surface area contributed by atoms with E-state index in [1.165, 1.54) is 65.6 Å². The van der Waals surface area contributed by atoms with Gasteiger partial charge in [-0.2, -0.15) is 0 Å². The van der Waals surface area contributed by atoms with Crippen LogP contribution >= 0.6 is 0 Å². The Balaban J connectivity index is 1.71. The van der Waals surface area contributed by atoms with Crippen molar-refractivity contribution < 1.29 is 0 Å². The topological polar surface area (TPSA) is 24.1 Å². The lowest BCUT2D eigenvalue weighted by Gasteiger charge is -2.25. The highest BCUT2D eigenvalue weighted by atomic mass is 14.9. The molecule has 0 amide bonds. The molecule has 0 aromatic carbocycles. The zero-order valence-electron chi connectivity index (χ0n) is 9.23. The van der Waals surface area contributed by atoms with Crippen LogP contribution in [0.5, 0.6) is 0 Å². The molecule has 0 aromatic rings. The minimum Gasteiger partial charge on any atom is -0.317 e. The van der Waals surface area contributed by atoms with Crippen molar-refractivity contribution in [2.24, 2.45) is 0 Å². The molecule has 2 saturated heterocycles. The van der Waals surface area contributed by atoms with Gasteiger partial charge in [0.05, 0.1) is 0 Å². The molecule has 0 radical (unpaired) electrons. The van der Waals surface area contributed by atoms with Crippen LogP contribution in [0.3, 0.4) is 0 Å². The molecule has 14 heavy (non-hydrogen) atoms. The van der Waals surface area contributed by atoms with Gasteiger partial charge in [-0.25, -0.2) is 0 Å². The first-order valence-electron chi connectivity index (χ1n) is 6.36. The van der Waals surface area contributed by atoms with Gasteiger partial charge in [0.1, 0.15) is 7.28 Å². The first-order chi connectivity index (χ1) is 6.95. The summed E-state index contributed by atoms with van der Waals surface area (Å²) >= 11 is 0. The van der Waals surface area contributed by atoms with Crippen LogP contribution in [0.15, 0.2) is 0 Å². The number of rotatable bonds is 2. The zero-order chi connectivity index (χ0) is 9.64. The molecule has 2 aliphatic rings. The molecule has 2 nitrogen and oxygen atoms in total. The van der Waals surface area contributed by atoms with E-state index >= 15 is 0 Å². The molecule has 2 unspecified atom stereocenters. The van der Waals surface area contributed by atoms with Crippen molar-refractivity contribution >= 4 is 7.28 Å². The molecule has 80 valence electrons. The summed E-state index contributed by atoms with van der Waals surface area (Å²) in [5.41, 5.74) is 0. The lowest BCUT2D eigenvalue weighted by Crippen LogP contribution is -2.30. The standard InChI is InChI=1S/C11H23BN2/c1-3-10(5-8-13-6-1)12-11-4-2-7-14-9-11/h10-14H,1-9H2. The van der Waals surface area contributed by atoms with Crippen LogP contribution in [0.4, 0.5) is 0 Å². The van der Waals surface area contributed by atoms with E-state index in [1.807, 2.05) is 0 Å². The Hall–Kier alpha value is -0.0151. The average Bonchev–Trinajstić information content (AvgIpc) is 2.48. The molecule has 2 fully saturated rings. The molecule has 0 saturated carbocycles. The summed E-state index contributed by atoms with van der Waals surface area (Å²) in [5.74, 6) is 1.99. The predicted molar refractivity (Wildman–Crippen MR) is 63.5 cm³/mol. The Morgan fingerprint density at radius 1 is 0.786 bits per heavy atom. The normalized spacial score (nSPS) is 34.9. The van der Waals surface area contributed by atoms with Crippen molar-refractivity contribution in [1.82, 2.24) is 10.6 Å². The van der Waals surface area contributed by atoms with Gasteiger partial charge in [0.2, 0.25) is 0 Å². The van der Waals surface area contributed by atoms with E-state index in [0.29, 0.717) is 0 Å². The van der Waals surface area contributed by atoms with Crippen LogP contribution in [0.1, 0.15) is 32.1 Å². The van der Waals surface area contributed by atoms with E-state index in [-0.39, 0.29) is 0 Å². The number of hydrogen-bond acceptors (Lipinski definition) is 2. The van der Waals surface area contributed by atoms with E-state index in [0.717, 1.165) is 11.6 Å². The monoisotopic (exact) mass is 194 g/mol. The molecule has 2 N–H and O–H groups in total. The third-order valence-electron chi connectivity index (χ3n) is 3.76. The van der Waals surface area contributed by atoms with E-state index in [2.05, 4.69) is 10.6 Å². The van der Waals surface area contributed by atoms with Crippen LogP contribution in [-0.2, 0) is 0 Å². The maximum Gasteiger partial charge on any atom is 0.129 e. The number of piperidine rings is 1. The van der Waals surface area contributed by atoms with Crippen molar-refractivity contribution in [1.29, 1.82) is 0 Å². The summed E-state index contributed by atoms with van der Waals surface area (Å²) in [4.78, 5) is 0. The fourth-order valence-electron chi connectivity index (χ4n) is 2.92. The van der Waals surface area contributed by atoms with Crippen molar-refractivity contribution in [2.45, 2.75) is 43.7 Å². The highest BCUT2D eigenvalue weighted by Crippen LogP contribution is 2.26. The maximum atomic E-state index is 3.52. The van der Waals surface area contributed by atoms with Gasteiger partial charge in [-0.1, -0.05) is 24.5 Å². The highest BCUT2D eigenvalue weighted by molar-refractivity contribution is 6.39. The van der Waals surface area contributed by atoms with Crippen molar-refractivity contribution in [3.05, 3.63) is 0 Å². The van der Waals surface area contributed by atoms with Gasteiger partial charge >= 0.3 is 0 Å². The Morgan fingerprint density at radius 3 is 2.43 bits per heavy atom. The predicted octanol–water partition coefficient (Wildman–Crippen LogP) is 1.16. The Kier molecular flexibility index (Phi) is 4.33. The van der Waals surface area contributed by atoms with Crippen LogP contribution in [-0.4, -0.2) is 33.5 Å². The van der Waals surface area contributed by atoms with Gasteiger partial charge in [0, 0.05) is 0 Å². The minimum absolute atomic E-state index is 0.979. The van der Waals surface area contributed by atoms with Crippen LogP contribution in [0.25, 0.3) is 0 Å². The lowest BCUT2D eigenvalue weighted by atomic mass is 9.51. The molecule has 0 bridgehead atoms. The maximum absolute atomic E-state index is 3.52.